The van der Waals surface area contributed by atoms with E-state index in [-0.39, 0.29) is 31.8 Å². The number of carboxylic acid groups (broad SMARTS) is 1. The minimum atomic E-state index is -1.73. The van der Waals surface area contributed by atoms with Crippen LogP contribution < -0.4 is 0 Å². The summed E-state index contributed by atoms with van der Waals surface area (Å²) in [6, 6.07) is 11.9. The van der Waals surface area contributed by atoms with Crippen LogP contribution in [0.4, 0.5) is 0 Å². The Morgan fingerprint density at radius 1 is 1.21 bits per heavy atom. The van der Waals surface area contributed by atoms with Gasteiger partial charge in [-0.3, -0.25) is 9.48 Å². The number of hydrogen-bond donors (Lipinski definition) is 2. The zero-order chi connectivity index (χ0) is 19.9. The Labute approximate surface area is 165 Å². The highest BCUT2D eigenvalue weighted by atomic mass is 32.1. The highest BCUT2D eigenvalue weighted by Crippen LogP contribution is 2.31. The van der Waals surface area contributed by atoms with E-state index in [1.807, 2.05) is 48.0 Å². The Kier molecular flexibility index (Phi) is 4.68. The van der Waals surface area contributed by atoms with Crippen molar-refractivity contribution >= 4 is 33.4 Å². The summed E-state index contributed by atoms with van der Waals surface area (Å²) in [5.74, 6) is -1.35. The van der Waals surface area contributed by atoms with E-state index in [9.17, 15) is 14.7 Å². The van der Waals surface area contributed by atoms with E-state index in [0.717, 1.165) is 21.5 Å². The molecule has 0 spiro atoms. The molecule has 1 aromatic carbocycles. The fourth-order valence-electron chi connectivity index (χ4n) is 3.53. The fraction of sp³-hybridized carbons (Fsp3) is 0.350. The van der Waals surface area contributed by atoms with Crippen molar-refractivity contribution in [2.75, 3.05) is 13.1 Å². The maximum Gasteiger partial charge on any atom is 0.335 e. The molecule has 4 rings (SSSR count). The van der Waals surface area contributed by atoms with Crippen molar-refractivity contribution in [3.63, 3.8) is 0 Å². The molecule has 1 fully saturated rings. The Bertz CT molecular complexity index is 1030. The van der Waals surface area contributed by atoms with Crippen molar-refractivity contribution in [3.8, 4) is 0 Å². The number of aliphatic hydroxyl groups is 1. The minimum Gasteiger partial charge on any atom is -0.479 e. The maximum absolute atomic E-state index is 12.9. The van der Waals surface area contributed by atoms with Gasteiger partial charge in [0, 0.05) is 31.3 Å². The van der Waals surface area contributed by atoms with E-state index in [4.69, 9.17) is 5.11 Å². The molecule has 7 nitrogen and oxygen atoms in total. The number of aliphatic carboxylic acids is 1. The Morgan fingerprint density at radius 3 is 2.54 bits per heavy atom. The van der Waals surface area contributed by atoms with Crippen LogP contribution in [0, 0.1) is 6.92 Å². The topological polar surface area (TPSA) is 95.7 Å². The van der Waals surface area contributed by atoms with Crippen LogP contribution >= 0.6 is 11.3 Å². The van der Waals surface area contributed by atoms with Gasteiger partial charge in [0.2, 0.25) is 0 Å². The smallest absolute Gasteiger partial charge is 0.335 e. The van der Waals surface area contributed by atoms with Gasteiger partial charge in [-0.25, -0.2) is 4.79 Å². The van der Waals surface area contributed by atoms with Crippen LogP contribution in [0.25, 0.3) is 10.2 Å². The number of amides is 1. The molecule has 2 N–H and O–H groups in total. The van der Waals surface area contributed by atoms with E-state index in [0.29, 0.717) is 11.4 Å². The molecular formula is C20H21N3O4S. The molecule has 146 valence electrons. The Hall–Kier alpha value is -2.71. The number of aryl methyl sites for hydroxylation is 1. The number of carboxylic acids is 1. The number of aromatic nitrogens is 2. The summed E-state index contributed by atoms with van der Waals surface area (Å²) in [6.45, 7) is 3.02. The van der Waals surface area contributed by atoms with Gasteiger partial charge in [0.1, 0.15) is 4.83 Å². The van der Waals surface area contributed by atoms with E-state index in [1.165, 1.54) is 11.3 Å². The largest absolute Gasteiger partial charge is 0.479 e. The van der Waals surface area contributed by atoms with Gasteiger partial charge in [0.25, 0.3) is 5.91 Å². The number of fused-ring (bicyclic) bond motifs is 1. The normalized spacial score (nSPS) is 16.4. The van der Waals surface area contributed by atoms with Gasteiger partial charge < -0.3 is 15.1 Å². The Balaban J connectivity index is 1.56. The molecule has 0 saturated carbocycles. The summed E-state index contributed by atoms with van der Waals surface area (Å²) in [7, 11) is 0. The standard InChI is InChI=1S/C20H21N3O4S/c1-13-15-11-16(17(24)22-9-7-20(27,8-10-22)19(25)26)28-18(15)23(21-13)12-14-5-3-2-4-6-14/h2-6,11,27H,7-10,12H2,1H3,(H,25,26). The average Bonchev–Trinajstić information content (AvgIpc) is 3.24. The highest BCUT2D eigenvalue weighted by molar-refractivity contribution is 7.20. The quantitative estimate of drug-likeness (QED) is 0.703. The van der Waals surface area contributed by atoms with Crippen molar-refractivity contribution in [1.29, 1.82) is 0 Å². The van der Waals surface area contributed by atoms with Gasteiger partial charge in [-0.15, -0.1) is 11.3 Å². The van der Waals surface area contributed by atoms with E-state index in [1.54, 1.807) is 4.90 Å². The second-order valence-electron chi connectivity index (χ2n) is 7.19. The molecule has 0 aliphatic carbocycles. The summed E-state index contributed by atoms with van der Waals surface area (Å²) in [5.41, 5.74) is 0.279. The third-order valence-corrected chi connectivity index (χ3v) is 6.41. The summed E-state index contributed by atoms with van der Waals surface area (Å²) in [4.78, 5) is 27.3. The van der Waals surface area contributed by atoms with Crippen LogP contribution in [0.3, 0.4) is 0 Å². The van der Waals surface area contributed by atoms with Crippen molar-refractivity contribution in [3.05, 3.63) is 52.5 Å². The van der Waals surface area contributed by atoms with Gasteiger partial charge >= 0.3 is 5.97 Å². The first-order chi connectivity index (χ1) is 13.4. The molecule has 8 heteroatoms. The molecule has 2 aromatic heterocycles. The van der Waals surface area contributed by atoms with Crippen LogP contribution in [0.5, 0.6) is 0 Å². The van der Waals surface area contributed by atoms with Crippen molar-refractivity contribution in [2.45, 2.75) is 31.9 Å². The molecule has 1 saturated heterocycles. The third-order valence-electron chi connectivity index (χ3n) is 5.27. The molecule has 28 heavy (non-hydrogen) atoms. The zero-order valence-electron chi connectivity index (χ0n) is 15.5. The van der Waals surface area contributed by atoms with Crippen LogP contribution in [-0.4, -0.2) is 55.5 Å². The highest BCUT2D eigenvalue weighted by Gasteiger charge is 2.40. The lowest BCUT2D eigenvalue weighted by molar-refractivity contribution is -0.162. The second-order valence-corrected chi connectivity index (χ2v) is 8.22. The SMILES string of the molecule is Cc1nn(Cc2ccccc2)c2sc(C(=O)N3CCC(O)(C(=O)O)CC3)cc12. The lowest BCUT2D eigenvalue weighted by Gasteiger charge is -2.35. The Morgan fingerprint density at radius 2 is 1.89 bits per heavy atom. The average molecular weight is 399 g/mol. The first-order valence-electron chi connectivity index (χ1n) is 9.13. The van der Waals surface area contributed by atoms with Crippen LogP contribution in [0.1, 0.15) is 33.8 Å². The van der Waals surface area contributed by atoms with Gasteiger partial charge in [-0.05, 0) is 18.6 Å². The zero-order valence-corrected chi connectivity index (χ0v) is 16.3. The molecule has 0 bridgehead atoms. The van der Waals surface area contributed by atoms with Crippen LogP contribution in [0.15, 0.2) is 36.4 Å². The van der Waals surface area contributed by atoms with Gasteiger partial charge in [-0.1, -0.05) is 30.3 Å². The fourth-order valence-corrected chi connectivity index (χ4v) is 4.66. The summed E-state index contributed by atoms with van der Waals surface area (Å²) in [6.07, 6.45) is 0.0829. The van der Waals surface area contributed by atoms with E-state index in [2.05, 4.69) is 5.10 Å². The van der Waals surface area contributed by atoms with Gasteiger partial charge in [-0.2, -0.15) is 5.10 Å². The predicted molar refractivity (Wildman–Crippen MR) is 106 cm³/mol. The van der Waals surface area contributed by atoms with Crippen LogP contribution in [-0.2, 0) is 11.3 Å². The molecule has 3 heterocycles. The van der Waals surface area contributed by atoms with Crippen molar-refractivity contribution in [2.24, 2.45) is 0 Å². The minimum absolute atomic E-state index is 0.0414. The number of rotatable bonds is 4. The molecule has 1 aliphatic rings. The number of hydrogen-bond acceptors (Lipinski definition) is 5. The maximum atomic E-state index is 12.9. The molecule has 3 aromatic rings. The monoisotopic (exact) mass is 399 g/mol. The first-order valence-corrected chi connectivity index (χ1v) is 9.95. The predicted octanol–water partition coefficient (Wildman–Crippen LogP) is 2.51. The molecule has 0 unspecified atom stereocenters. The number of likely N-dealkylation sites (tertiary alicyclic amines) is 1. The molecule has 0 atom stereocenters. The third kappa shape index (κ3) is 3.29. The number of carbonyl (C=O) groups is 2. The summed E-state index contributed by atoms with van der Waals surface area (Å²) >= 11 is 1.40. The molecular weight excluding hydrogens is 378 g/mol. The van der Waals surface area contributed by atoms with E-state index >= 15 is 0 Å². The first kappa shape index (κ1) is 18.6. The summed E-state index contributed by atoms with van der Waals surface area (Å²) in [5, 5.41) is 24.8. The number of thiophene rings is 1. The molecule has 1 amide bonds. The number of benzene rings is 1. The summed E-state index contributed by atoms with van der Waals surface area (Å²) < 4.78 is 1.92. The van der Waals surface area contributed by atoms with Gasteiger partial charge in [0.15, 0.2) is 5.60 Å². The van der Waals surface area contributed by atoms with Crippen LogP contribution in [0.2, 0.25) is 0 Å². The lowest BCUT2D eigenvalue weighted by Crippen LogP contribution is -2.50. The van der Waals surface area contributed by atoms with Gasteiger partial charge in [0.05, 0.1) is 17.1 Å². The lowest BCUT2D eigenvalue weighted by atomic mass is 9.91. The van der Waals surface area contributed by atoms with Crippen molar-refractivity contribution < 1.29 is 19.8 Å². The molecule has 0 radical (unpaired) electrons. The molecule has 1 aliphatic heterocycles. The van der Waals surface area contributed by atoms with Crippen molar-refractivity contribution in [1.82, 2.24) is 14.7 Å². The number of piperidine rings is 1. The van der Waals surface area contributed by atoms with E-state index < -0.39 is 11.6 Å². The second kappa shape index (κ2) is 7.03. The number of carbonyl (C=O) groups excluding carboxylic acids is 1. The number of nitrogens with zero attached hydrogens (tertiary/aromatic N) is 3.